The first-order valence-corrected chi connectivity index (χ1v) is 9.68. The Balaban J connectivity index is 2.29. The molecule has 0 spiro atoms. The van der Waals surface area contributed by atoms with E-state index in [1.165, 1.54) is 15.9 Å². The van der Waals surface area contributed by atoms with Gasteiger partial charge in [0.25, 0.3) is 0 Å². The second kappa shape index (κ2) is 7.07. The molecule has 22 heavy (non-hydrogen) atoms. The number of rotatable bonds is 5. The van der Waals surface area contributed by atoms with Crippen LogP contribution in [0, 0.1) is 0 Å². The summed E-state index contributed by atoms with van der Waals surface area (Å²) in [5.41, 5.74) is 0. The van der Waals surface area contributed by atoms with Gasteiger partial charge in [-0.05, 0) is 0 Å². The van der Waals surface area contributed by atoms with Gasteiger partial charge >= 0.3 is 137 Å². The normalized spacial score (nSPS) is 12.0. The van der Waals surface area contributed by atoms with E-state index in [4.69, 9.17) is 16.1 Å². The Hall–Kier alpha value is -1.66. The Bertz CT molecular complexity index is 605. The van der Waals surface area contributed by atoms with Gasteiger partial charge < -0.3 is 0 Å². The van der Waals surface area contributed by atoms with Gasteiger partial charge in [0.15, 0.2) is 0 Å². The van der Waals surface area contributed by atoms with E-state index >= 15 is 0 Å². The molecule has 3 heteroatoms. The fraction of sp³-hybridized carbons (Fsp3) is 0.0526. The molecule has 3 aromatic rings. The quantitative estimate of drug-likeness (QED) is 0.511. The number of alkyl halides is 1. The molecule has 0 aliphatic rings. The van der Waals surface area contributed by atoms with Crippen molar-refractivity contribution in [3.63, 3.8) is 0 Å². The summed E-state index contributed by atoms with van der Waals surface area (Å²) in [6, 6.07) is 31.4. The number of hydrogen-bond acceptors (Lipinski definition) is 1. The maximum absolute atomic E-state index is 6.29. The van der Waals surface area contributed by atoms with Crippen molar-refractivity contribution in [3.8, 4) is 0 Å². The van der Waals surface area contributed by atoms with Crippen LogP contribution in [0.3, 0.4) is 0 Å². The average Bonchev–Trinajstić information content (AvgIpc) is 2.62. The van der Waals surface area contributed by atoms with E-state index in [2.05, 4.69) is 72.8 Å². The van der Waals surface area contributed by atoms with E-state index in [-0.39, 0.29) is 6.07 Å². The van der Waals surface area contributed by atoms with Crippen molar-refractivity contribution in [3.05, 3.63) is 91.0 Å². The van der Waals surface area contributed by atoms with Crippen molar-refractivity contribution in [2.24, 2.45) is 0 Å². The first kappa shape index (κ1) is 15.2. The Morgan fingerprint density at radius 3 is 1.18 bits per heavy atom. The first-order valence-electron chi connectivity index (χ1n) is 7.24. The molecule has 3 aromatic carbocycles. The summed E-state index contributed by atoms with van der Waals surface area (Å²) in [7, 11) is -2.56. The summed E-state index contributed by atoms with van der Waals surface area (Å²) in [6.45, 7) is 0. The predicted molar refractivity (Wildman–Crippen MR) is 98.3 cm³/mol. The molecule has 0 heterocycles. The van der Waals surface area contributed by atoms with Crippen molar-refractivity contribution < 1.29 is 4.52 Å². The van der Waals surface area contributed by atoms with Gasteiger partial charge in [0, 0.05) is 0 Å². The molecule has 0 N–H and O–H groups in total. The van der Waals surface area contributed by atoms with Gasteiger partial charge in [-0.3, -0.25) is 0 Å². The second-order valence-electron chi connectivity index (χ2n) is 5.03. The van der Waals surface area contributed by atoms with Crippen LogP contribution >= 0.6 is 19.1 Å². The van der Waals surface area contributed by atoms with Gasteiger partial charge in [-0.1, -0.05) is 0 Å². The van der Waals surface area contributed by atoms with Crippen molar-refractivity contribution in [2.45, 2.75) is 0 Å². The molecule has 0 saturated carbocycles. The Kier molecular flexibility index (Phi) is 4.90. The molecule has 0 aliphatic heterocycles. The van der Waals surface area contributed by atoms with Crippen LogP contribution in [0.5, 0.6) is 0 Å². The average molecular weight is 329 g/mol. The van der Waals surface area contributed by atoms with E-state index in [1.54, 1.807) is 0 Å². The molecule has 1 nitrogen and oxygen atoms in total. The van der Waals surface area contributed by atoms with Gasteiger partial charge in [-0.25, -0.2) is 0 Å². The minimum atomic E-state index is -2.56. The summed E-state index contributed by atoms with van der Waals surface area (Å²) < 4.78 is 6.29. The fourth-order valence-corrected chi connectivity index (χ4v) is 6.99. The predicted octanol–water partition coefficient (Wildman–Crippen LogP) is 3.84. The summed E-state index contributed by atoms with van der Waals surface area (Å²) in [5.74, 6) is 0. The molecule has 0 atom stereocenters. The van der Waals surface area contributed by atoms with Crippen LogP contribution in [0.4, 0.5) is 0 Å². The third-order valence-corrected chi connectivity index (χ3v) is 8.12. The molecule has 112 valence electrons. The molecule has 0 radical (unpaired) electrons. The molecule has 0 aliphatic carbocycles. The summed E-state index contributed by atoms with van der Waals surface area (Å²) in [4.78, 5) is 0. The third-order valence-electron chi connectivity index (χ3n) is 3.81. The molecule has 3 rings (SSSR count). The van der Waals surface area contributed by atoms with Crippen LogP contribution in [-0.2, 0) is 4.52 Å². The van der Waals surface area contributed by atoms with Crippen molar-refractivity contribution in [2.75, 3.05) is 6.07 Å². The monoisotopic (exact) mass is 328 g/mol. The van der Waals surface area contributed by atoms with Gasteiger partial charge in [0.1, 0.15) is 0 Å². The topological polar surface area (TPSA) is 9.23 Å². The van der Waals surface area contributed by atoms with E-state index in [0.29, 0.717) is 0 Å². The SMILES string of the molecule is ClCO[PH](c1ccccc1)(c1ccccc1)c1ccccc1. The molecular formula is C19H18ClOP. The van der Waals surface area contributed by atoms with E-state index in [1.807, 2.05) is 18.2 Å². The summed E-state index contributed by atoms with van der Waals surface area (Å²) >= 11 is 6.05. The molecular weight excluding hydrogens is 311 g/mol. The van der Waals surface area contributed by atoms with Crippen LogP contribution in [0.1, 0.15) is 0 Å². The molecule has 0 saturated heterocycles. The summed E-state index contributed by atoms with van der Waals surface area (Å²) in [6.07, 6.45) is 0. The third kappa shape index (κ3) is 2.80. The number of hydrogen-bond donors (Lipinski definition) is 0. The maximum atomic E-state index is 6.29. The number of halogens is 1. The van der Waals surface area contributed by atoms with Crippen molar-refractivity contribution >= 4 is 35.0 Å². The molecule has 0 aromatic heterocycles. The van der Waals surface area contributed by atoms with Gasteiger partial charge in [-0.15, -0.1) is 0 Å². The van der Waals surface area contributed by atoms with E-state index in [9.17, 15) is 0 Å². The van der Waals surface area contributed by atoms with Gasteiger partial charge in [-0.2, -0.15) is 0 Å². The van der Waals surface area contributed by atoms with Crippen LogP contribution in [-0.4, -0.2) is 6.07 Å². The van der Waals surface area contributed by atoms with Crippen LogP contribution in [0.25, 0.3) is 0 Å². The Morgan fingerprint density at radius 1 is 0.591 bits per heavy atom. The Labute approximate surface area is 136 Å². The van der Waals surface area contributed by atoms with Crippen LogP contribution in [0.15, 0.2) is 91.0 Å². The Morgan fingerprint density at radius 2 is 0.909 bits per heavy atom. The van der Waals surface area contributed by atoms with E-state index < -0.39 is 7.49 Å². The minimum absolute atomic E-state index is 0.172. The van der Waals surface area contributed by atoms with E-state index in [0.717, 1.165) is 0 Å². The van der Waals surface area contributed by atoms with Crippen molar-refractivity contribution in [1.82, 2.24) is 0 Å². The van der Waals surface area contributed by atoms with Crippen molar-refractivity contribution in [1.29, 1.82) is 0 Å². The zero-order valence-electron chi connectivity index (χ0n) is 12.2. The molecule has 0 unspecified atom stereocenters. The van der Waals surface area contributed by atoms with Crippen LogP contribution in [0.2, 0.25) is 0 Å². The van der Waals surface area contributed by atoms with Gasteiger partial charge in [0.05, 0.1) is 0 Å². The standard InChI is InChI=1S/C19H18ClOP/c20-16-21-22(17-10-4-1-5-11-17,18-12-6-2-7-13-18)19-14-8-3-9-15-19/h1-15,22H,16H2. The molecule has 0 amide bonds. The summed E-state index contributed by atoms with van der Waals surface area (Å²) in [5, 5.41) is 3.61. The number of benzene rings is 3. The fourth-order valence-electron chi connectivity index (χ4n) is 2.85. The zero-order valence-corrected chi connectivity index (χ0v) is 13.9. The molecule has 0 bridgehead atoms. The van der Waals surface area contributed by atoms with Crippen LogP contribution < -0.4 is 15.9 Å². The second-order valence-corrected chi connectivity index (χ2v) is 8.63. The van der Waals surface area contributed by atoms with Gasteiger partial charge in [0.2, 0.25) is 0 Å². The zero-order chi connectivity index (χ0) is 15.3. The molecule has 0 fully saturated rings. The first-order chi connectivity index (χ1) is 10.9.